The SMILES string of the molecule is Cc1cn(CC2(C)C=C(P(=O)(O)O)CCO2)c(=O)[nH]c1=O. The topological polar surface area (TPSA) is 122 Å². The van der Waals surface area contributed by atoms with Crippen LogP contribution >= 0.6 is 7.60 Å². The number of hydrogen-bond acceptors (Lipinski definition) is 4. The first-order valence-corrected chi connectivity index (χ1v) is 7.94. The summed E-state index contributed by atoms with van der Waals surface area (Å²) in [6.07, 6.45) is 2.92. The van der Waals surface area contributed by atoms with Crippen LogP contribution in [0.3, 0.4) is 0 Å². The summed E-state index contributed by atoms with van der Waals surface area (Å²) in [4.78, 5) is 43.8. The van der Waals surface area contributed by atoms with Crippen molar-refractivity contribution in [2.75, 3.05) is 6.61 Å². The first kappa shape index (κ1) is 15.9. The van der Waals surface area contributed by atoms with Gasteiger partial charge in [0.15, 0.2) is 0 Å². The molecule has 1 unspecified atom stereocenters. The predicted molar refractivity (Wildman–Crippen MR) is 75.2 cm³/mol. The van der Waals surface area contributed by atoms with Gasteiger partial charge in [-0.1, -0.05) is 0 Å². The quantitative estimate of drug-likeness (QED) is 0.679. The summed E-state index contributed by atoms with van der Waals surface area (Å²) in [6.45, 7) is 3.40. The molecule has 2 heterocycles. The molecule has 1 aromatic heterocycles. The second-order valence-electron chi connectivity index (χ2n) is 5.29. The Morgan fingerprint density at radius 1 is 1.48 bits per heavy atom. The number of H-pyrrole nitrogens is 1. The molecule has 2 rings (SSSR count). The van der Waals surface area contributed by atoms with E-state index in [0.717, 1.165) is 0 Å². The van der Waals surface area contributed by atoms with Gasteiger partial charge in [-0.25, -0.2) is 4.79 Å². The van der Waals surface area contributed by atoms with Crippen molar-refractivity contribution in [3.05, 3.63) is 44.0 Å². The Hall–Kier alpha value is -1.47. The van der Waals surface area contributed by atoms with Gasteiger partial charge in [-0.2, -0.15) is 0 Å². The molecule has 0 amide bonds. The second kappa shape index (κ2) is 5.38. The molecule has 1 aliphatic heterocycles. The minimum Gasteiger partial charge on any atom is -0.369 e. The molecule has 0 aliphatic carbocycles. The highest BCUT2D eigenvalue weighted by molar-refractivity contribution is 7.56. The molecule has 0 aromatic carbocycles. The molecule has 0 radical (unpaired) electrons. The molecule has 1 aliphatic rings. The maximum absolute atomic E-state index is 11.8. The lowest BCUT2D eigenvalue weighted by molar-refractivity contribution is -0.0146. The maximum Gasteiger partial charge on any atom is 0.352 e. The van der Waals surface area contributed by atoms with E-state index >= 15 is 0 Å². The highest BCUT2D eigenvalue weighted by Crippen LogP contribution is 2.49. The summed E-state index contributed by atoms with van der Waals surface area (Å²) < 4.78 is 18.2. The van der Waals surface area contributed by atoms with E-state index in [9.17, 15) is 23.9 Å². The summed E-state index contributed by atoms with van der Waals surface area (Å²) in [5.74, 6) is 0. The van der Waals surface area contributed by atoms with Gasteiger partial charge in [0.05, 0.1) is 13.2 Å². The van der Waals surface area contributed by atoms with Gasteiger partial charge in [-0.05, 0) is 19.9 Å². The Morgan fingerprint density at radius 3 is 2.76 bits per heavy atom. The van der Waals surface area contributed by atoms with Crippen molar-refractivity contribution in [3.63, 3.8) is 0 Å². The van der Waals surface area contributed by atoms with Gasteiger partial charge >= 0.3 is 13.3 Å². The zero-order valence-electron chi connectivity index (χ0n) is 11.7. The summed E-state index contributed by atoms with van der Waals surface area (Å²) >= 11 is 0. The van der Waals surface area contributed by atoms with Crippen LogP contribution in [0.1, 0.15) is 18.9 Å². The van der Waals surface area contributed by atoms with Gasteiger partial charge in [-0.15, -0.1) is 0 Å². The molecular weight excluding hydrogens is 299 g/mol. The smallest absolute Gasteiger partial charge is 0.352 e. The van der Waals surface area contributed by atoms with Gasteiger partial charge in [0.2, 0.25) is 0 Å². The van der Waals surface area contributed by atoms with E-state index in [1.54, 1.807) is 13.8 Å². The molecule has 0 bridgehead atoms. The minimum absolute atomic E-state index is 0.00504. The first-order valence-electron chi connectivity index (χ1n) is 6.33. The van der Waals surface area contributed by atoms with E-state index in [1.807, 2.05) is 0 Å². The lowest BCUT2D eigenvalue weighted by atomic mass is 10.0. The van der Waals surface area contributed by atoms with Crippen LogP contribution in [0.5, 0.6) is 0 Å². The van der Waals surface area contributed by atoms with Crippen LogP contribution in [0, 0.1) is 6.92 Å². The number of aromatic amines is 1. The monoisotopic (exact) mass is 316 g/mol. The van der Waals surface area contributed by atoms with E-state index in [2.05, 4.69) is 4.98 Å². The number of nitrogens with one attached hydrogen (secondary N) is 1. The molecule has 1 aromatic rings. The van der Waals surface area contributed by atoms with E-state index in [1.165, 1.54) is 16.8 Å². The van der Waals surface area contributed by atoms with Gasteiger partial charge in [0, 0.05) is 23.5 Å². The van der Waals surface area contributed by atoms with Crippen LogP contribution in [-0.4, -0.2) is 31.5 Å². The average Bonchev–Trinajstić information content (AvgIpc) is 2.34. The van der Waals surface area contributed by atoms with Crippen LogP contribution in [0.2, 0.25) is 0 Å². The first-order chi connectivity index (χ1) is 9.61. The van der Waals surface area contributed by atoms with Crippen molar-refractivity contribution in [1.29, 1.82) is 0 Å². The Kier molecular flexibility index (Phi) is 4.08. The molecular formula is C12H17N2O6P. The summed E-state index contributed by atoms with van der Waals surface area (Å²) in [7, 11) is -4.32. The fourth-order valence-corrected chi connectivity index (χ4v) is 3.07. The van der Waals surface area contributed by atoms with Crippen LogP contribution < -0.4 is 11.2 Å². The Bertz CT molecular complexity index is 743. The third kappa shape index (κ3) is 3.59. The molecule has 8 nitrogen and oxygen atoms in total. The zero-order valence-corrected chi connectivity index (χ0v) is 12.6. The molecule has 0 fully saturated rings. The van der Waals surface area contributed by atoms with Crippen molar-refractivity contribution < 1.29 is 19.1 Å². The molecule has 0 saturated carbocycles. The van der Waals surface area contributed by atoms with Crippen LogP contribution in [0.15, 0.2) is 27.2 Å². The summed E-state index contributed by atoms with van der Waals surface area (Å²) in [6, 6.07) is 0. The molecule has 9 heteroatoms. The van der Waals surface area contributed by atoms with Crippen molar-refractivity contribution >= 4 is 7.60 Å². The van der Waals surface area contributed by atoms with Crippen molar-refractivity contribution in [2.24, 2.45) is 0 Å². The summed E-state index contributed by atoms with van der Waals surface area (Å²) in [5, 5.41) is 0.00504. The predicted octanol–water partition coefficient (Wildman–Crippen LogP) is 0.0856. The molecule has 21 heavy (non-hydrogen) atoms. The summed E-state index contributed by atoms with van der Waals surface area (Å²) in [5.41, 5.74) is -1.71. The Balaban J connectivity index is 2.38. The van der Waals surface area contributed by atoms with E-state index < -0.39 is 24.4 Å². The van der Waals surface area contributed by atoms with Crippen molar-refractivity contribution in [2.45, 2.75) is 32.4 Å². The normalized spacial score (nSPS) is 23.0. The molecule has 1 atom stereocenters. The number of nitrogens with zero attached hydrogens (tertiary/aromatic N) is 1. The largest absolute Gasteiger partial charge is 0.369 e. The minimum atomic E-state index is -4.32. The standard InChI is InChI=1S/C12H17N2O6P/c1-8-6-14(11(16)13-10(8)15)7-12(2)5-9(3-4-20-12)21(17,18)19/h5-6H,3-4,7H2,1-2H3,(H,13,15,16)(H2,17,18,19). The number of aromatic nitrogens is 2. The number of aryl methyl sites for hydroxylation is 1. The van der Waals surface area contributed by atoms with Gasteiger partial charge < -0.3 is 14.5 Å². The molecule has 0 spiro atoms. The van der Waals surface area contributed by atoms with Crippen LogP contribution in [-0.2, 0) is 15.8 Å². The van der Waals surface area contributed by atoms with E-state index in [0.29, 0.717) is 5.56 Å². The van der Waals surface area contributed by atoms with E-state index in [4.69, 9.17) is 4.74 Å². The molecule has 116 valence electrons. The number of rotatable bonds is 3. The van der Waals surface area contributed by atoms with Crippen molar-refractivity contribution in [1.82, 2.24) is 9.55 Å². The Labute approximate surface area is 120 Å². The zero-order chi connectivity index (χ0) is 15.8. The van der Waals surface area contributed by atoms with Crippen molar-refractivity contribution in [3.8, 4) is 0 Å². The lowest BCUT2D eigenvalue weighted by Crippen LogP contribution is -2.41. The molecule has 0 saturated heterocycles. The van der Waals surface area contributed by atoms with Gasteiger partial charge in [0.25, 0.3) is 5.56 Å². The maximum atomic E-state index is 11.8. The van der Waals surface area contributed by atoms with Gasteiger partial charge in [0.1, 0.15) is 5.60 Å². The third-order valence-electron chi connectivity index (χ3n) is 3.31. The Morgan fingerprint density at radius 2 is 2.14 bits per heavy atom. The van der Waals surface area contributed by atoms with E-state index in [-0.39, 0.29) is 24.9 Å². The lowest BCUT2D eigenvalue weighted by Gasteiger charge is -2.32. The second-order valence-corrected chi connectivity index (χ2v) is 6.95. The van der Waals surface area contributed by atoms with Crippen LogP contribution in [0.4, 0.5) is 0 Å². The highest BCUT2D eigenvalue weighted by atomic mass is 31.2. The van der Waals surface area contributed by atoms with Crippen LogP contribution in [0.25, 0.3) is 0 Å². The number of hydrogen-bond donors (Lipinski definition) is 3. The average molecular weight is 316 g/mol. The third-order valence-corrected chi connectivity index (χ3v) is 4.41. The fraction of sp³-hybridized carbons (Fsp3) is 0.500. The molecule has 3 N–H and O–H groups in total. The fourth-order valence-electron chi connectivity index (χ4n) is 2.25. The van der Waals surface area contributed by atoms with Gasteiger partial charge in [-0.3, -0.25) is 18.9 Å². The number of ether oxygens (including phenoxy) is 1. The highest BCUT2D eigenvalue weighted by Gasteiger charge is 2.33.